The molecule has 0 radical (unpaired) electrons. The number of unbranched alkanes of at least 4 members (excludes halogenated alkanes) is 4. The molecule has 0 saturated heterocycles. The van der Waals surface area contributed by atoms with Gasteiger partial charge in [0.1, 0.15) is 0 Å². The number of hydrogen-bond donors (Lipinski definition) is 0. The molecule has 1 aromatic rings. The highest BCUT2D eigenvalue weighted by atomic mass is 19.2. The lowest BCUT2D eigenvalue weighted by molar-refractivity contribution is 0.144. The molecule has 31 heavy (non-hydrogen) atoms. The average Bonchev–Trinajstić information content (AvgIpc) is 2.79. The van der Waals surface area contributed by atoms with Crippen LogP contribution in [0.4, 0.5) is 13.2 Å². The predicted octanol–water partition coefficient (Wildman–Crippen LogP) is 9.79. The van der Waals surface area contributed by atoms with Crippen molar-refractivity contribution in [3.63, 3.8) is 0 Å². The zero-order chi connectivity index (χ0) is 22.2. The van der Waals surface area contributed by atoms with Crippen molar-refractivity contribution in [3.8, 4) is 0 Å². The summed E-state index contributed by atoms with van der Waals surface area (Å²) in [5, 5.41) is 0. The Morgan fingerprint density at radius 2 is 1.16 bits per heavy atom. The van der Waals surface area contributed by atoms with Crippen LogP contribution >= 0.6 is 0 Å². The molecule has 3 heteroatoms. The summed E-state index contributed by atoms with van der Waals surface area (Å²) in [6.07, 6.45) is 23.6. The van der Waals surface area contributed by atoms with Gasteiger partial charge in [0.15, 0.2) is 17.5 Å². The first-order chi connectivity index (χ1) is 15.0. The summed E-state index contributed by atoms with van der Waals surface area (Å²) >= 11 is 0. The molecular formula is C28H43F3. The highest BCUT2D eigenvalue weighted by Gasteiger charge is 2.36. The lowest BCUT2D eigenvalue weighted by atomic mass is 9.65. The Bertz CT molecular complexity index is 646. The third-order valence-electron chi connectivity index (χ3n) is 8.49. The fraction of sp³-hybridized carbons (Fsp3) is 0.786. The van der Waals surface area contributed by atoms with Crippen LogP contribution in [0.15, 0.2) is 12.1 Å². The third kappa shape index (κ3) is 6.51. The van der Waals surface area contributed by atoms with E-state index in [0.717, 1.165) is 38.5 Å². The van der Waals surface area contributed by atoms with Gasteiger partial charge in [0.25, 0.3) is 0 Å². The fourth-order valence-electron chi connectivity index (χ4n) is 6.59. The minimum Gasteiger partial charge on any atom is -0.204 e. The molecule has 0 spiro atoms. The van der Waals surface area contributed by atoms with Crippen molar-refractivity contribution >= 4 is 0 Å². The highest BCUT2D eigenvalue weighted by Crippen LogP contribution is 2.47. The van der Waals surface area contributed by atoms with Gasteiger partial charge in [0.05, 0.1) is 0 Å². The molecule has 0 N–H and O–H groups in total. The minimum atomic E-state index is -1.34. The maximum Gasteiger partial charge on any atom is 0.194 e. The largest absolute Gasteiger partial charge is 0.204 e. The molecule has 2 aliphatic rings. The van der Waals surface area contributed by atoms with Crippen molar-refractivity contribution in [3.05, 3.63) is 35.1 Å². The number of hydrogen-bond acceptors (Lipinski definition) is 0. The lowest BCUT2D eigenvalue weighted by Crippen LogP contribution is -2.30. The van der Waals surface area contributed by atoms with E-state index in [1.54, 1.807) is 0 Å². The van der Waals surface area contributed by atoms with Crippen LogP contribution < -0.4 is 0 Å². The van der Waals surface area contributed by atoms with Gasteiger partial charge in [0, 0.05) is 0 Å². The Kier molecular flexibility index (Phi) is 9.34. The Labute approximate surface area is 188 Å². The average molecular weight is 437 g/mol. The van der Waals surface area contributed by atoms with Gasteiger partial charge in [-0.2, -0.15) is 0 Å². The zero-order valence-corrected chi connectivity index (χ0v) is 19.7. The first kappa shape index (κ1) is 24.6. The Balaban J connectivity index is 1.61. The van der Waals surface area contributed by atoms with E-state index in [-0.39, 0.29) is 5.41 Å². The Morgan fingerprint density at radius 3 is 1.74 bits per heavy atom. The molecule has 0 bridgehead atoms. The van der Waals surface area contributed by atoms with Crippen LogP contribution in [0.25, 0.3) is 0 Å². The van der Waals surface area contributed by atoms with Gasteiger partial charge in [-0.25, -0.2) is 13.2 Å². The van der Waals surface area contributed by atoms with Crippen LogP contribution in [0, 0.1) is 22.9 Å². The summed E-state index contributed by atoms with van der Waals surface area (Å²) < 4.78 is 41.6. The van der Waals surface area contributed by atoms with E-state index in [1.165, 1.54) is 95.6 Å². The summed E-state index contributed by atoms with van der Waals surface area (Å²) in [7, 11) is 0. The molecule has 2 aliphatic carbocycles. The zero-order valence-electron chi connectivity index (χ0n) is 19.7. The van der Waals surface area contributed by atoms with Crippen LogP contribution in [-0.2, 0) is 5.41 Å². The smallest absolute Gasteiger partial charge is 0.194 e. The second kappa shape index (κ2) is 11.8. The third-order valence-corrected chi connectivity index (χ3v) is 8.49. The van der Waals surface area contributed by atoms with Crippen LogP contribution in [0.2, 0.25) is 0 Å². The summed E-state index contributed by atoms with van der Waals surface area (Å²) in [5.74, 6) is -3.40. The maximum atomic E-state index is 14.0. The molecule has 0 aromatic heterocycles. The molecule has 0 amide bonds. The highest BCUT2D eigenvalue weighted by molar-refractivity contribution is 5.28. The van der Waals surface area contributed by atoms with E-state index in [4.69, 9.17) is 0 Å². The van der Waals surface area contributed by atoms with Gasteiger partial charge in [-0.3, -0.25) is 0 Å². The molecule has 2 fully saturated rings. The van der Waals surface area contributed by atoms with E-state index in [9.17, 15) is 13.2 Å². The molecule has 2 saturated carbocycles. The molecule has 1 aromatic carbocycles. The van der Waals surface area contributed by atoms with Gasteiger partial charge in [-0.15, -0.1) is 0 Å². The molecule has 0 aliphatic heterocycles. The van der Waals surface area contributed by atoms with Crippen LogP contribution in [0.5, 0.6) is 0 Å². The van der Waals surface area contributed by atoms with Gasteiger partial charge >= 0.3 is 0 Å². The number of benzene rings is 1. The Hall–Kier alpha value is -0.990. The van der Waals surface area contributed by atoms with Crippen molar-refractivity contribution in [2.75, 3.05) is 0 Å². The fourth-order valence-corrected chi connectivity index (χ4v) is 6.59. The predicted molar refractivity (Wildman–Crippen MR) is 124 cm³/mol. The van der Waals surface area contributed by atoms with E-state index in [2.05, 4.69) is 6.92 Å². The normalized spacial score (nSPS) is 20.6. The topological polar surface area (TPSA) is 0 Å². The summed E-state index contributed by atoms with van der Waals surface area (Å²) in [6, 6.07) is 2.56. The van der Waals surface area contributed by atoms with E-state index in [0.29, 0.717) is 11.0 Å². The standard InChI is InChI=1S/C28H43F3/c1-2-3-4-7-14-27(15-8-5-9-16-27)17-12-13-20-28(18-10-6-11-19-28)23-21-24(29)26(31)25(30)22-23/h21-22H,2-20H2,1H3. The first-order valence-electron chi connectivity index (χ1n) is 13.2. The SMILES string of the molecule is CCCCCCC1(CCCCC2(c3cc(F)c(F)c(F)c3)CCCCC2)CCCCC1. The van der Waals surface area contributed by atoms with Gasteiger partial charge in [-0.1, -0.05) is 84.0 Å². The summed E-state index contributed by atoms with van der Waals surface area (Å²) in [6.45, 7) is 2.27. The molecule has 0 atom stereocenters. The second-order valence-electron chi connectivity index (χ2n) is 10.7. The molecule has 0 heterocycles. The van der Waals surface area contributed by atoms with E-state index >= 15 is 0 Å². The molecule has 0 nitrogen and oxygen atoms in total. The summed E-state index contributed by atoms with van der Waals surface area (Å²) in [4.78, 5) is 0. The van der Waals surface area contributed by atoms with Gasteiger partial charge < -0.3 is 0 Å². The van der Waals surface area contributed by atoms with Crippen LogP contribution in [-0.4, -0.2) is 0 Å². The quantitative estimate of drug-likeness (QED) is 0.239. The van der Waals surface area contributed by atoms with Gasteiger partial charge in [0.2, 0.25) is 0 Å². The van der Waals surface area contributed by atoms with E-state index in [1.807, 2.05) is 0 Å². The maximum absolute atomic E-state index is 14.0. The molecule has 3 rings (SSSR count). The number of rotatable bonds is 11. The molecule has 176 valence electrons. The van der Waals surface area contributed by atoms with Crippen molar-refractivity contribution in [1.29, 1.82) is 0 Å². The summed E-state index contributed by atoms with van der Waals surface area (Å²) in [5.41, 5.74) is 1.06. The van der Waals surface area contributed by atoms with Crippen LogP contribution in [0.3, 0.4) is 0 Å². The van der Waals surface area contributed by atoms with Gasteiger partial charge in [-0.05, 0) is 73.5 Å². The van der Waals surface area contributed by atoms with Crippen molar-refractivity contribution in [2.24, 2.45) is 5.41 Å². The molecular weight excluding hydrogens is 393 g/mol. The monoisotopic (exact) mass is 436 g/mol. The van der Waals surface area contributed by atoms with Crippen molar-refractivity contribution in [1.82, 2.24) is 0 Å². The van der Waals surface area contributed by atoms with Crippen molar-refractivity contribution in [2.45, 2.75) is 134 Å². The lowest BCUT2D eigenvalue weighted by Gasteiger charge is -2.40. The Morgan fingerprint density at radius 1 is 0.645 bits per heavy atom. The molecule has 0 unspecified atom stereocenters. The second-order valence-corrected chi connectivity index (χ2v) is 10.7. The van der Waals surface area contributed by atoms with E-state index < -0.39 is 17.5 Å². The van der Waals surface area contributed by atoms with Crippen molar-refractivity contribution < 1.29 is 13.2 Å². The first-order valence-corrected chi connectivity index (χ1v) is 13.2. The van der Waals surface area contributed by atoms with Crippen LogP contribution in [0.1, 0.15) is 134 Å². The minimum absolute atomic E-state index is 0.172. The number of halogens is 3.